The van der Waals surface area contributed by atoms with Crippen LogP contribution in [0.4, 0.5) is 5.69 Å². The molecule has 0 saturated carbocycles. The third-order valence-corrected chi connectivity index (χ3v) is 3.77. The summed E-state index contributed by atoms with van der Waals surface area (Å²) in [5, 5.41) is 6.76. The molecule has 1 aliphatic heterocycles. The Morgan fingerprint density at radius 1 is 1.16 bits per heavy atom. The van der Waals surface area contributed by atoms with Gasteiger partial charge in [-0.3, -0.25) is 14.7 Å². The molecular weight excluding hydrogens is 262 g/mol. The van der Waals surface area contributed by atoms with Crippen LogP contribution in [0.15, 0.2) is 36.5 Å². The summed E-state index contributed by atoms with van der Waals surface area (Å²) in [7, 11) is 0. The molecule has 0 radical (unpaired) electrons. The molecule has 3 rings (SSSR count). The number of amides is 2. The van der Waals surface area contributed by atoms with Gasteiger partial charge in [-0.25, -0.2) is 4.90 Å². The van der Waals surface area contributed by atoms with Gasteiger partial charge in [-0.2, -0.15) is 5.10 Å². The summed E-state index contributed by atoms with van der Waals surface area (Å²) < 4.78 is 0. The smallest absolute Gasteiger partial charge is 0.243 e. The molecule has 6 heteroatoms. The lowest BCUT2D eigenvalue weighted by Gasteiger charge is -2.24. The highest BCUT2D eigenvalue weighted by Gasteiger charge is 2.27. The van der Waals surface area contributed by atoms with Crippen LogP contribution in [-0.4, -0.2) is 33.5 Å². The van der Waals surface area contributed by atoms with Gasteiger partial charge in [0.05, 0.1) is 22.9 Å². The summed E-state index contributed by atoms with van der Waals surface area (Å²) in [5.41, 5.74) is 2.37. The van der Waals surface area contributed by atoms with Crippen molar-refractivity contribution in [1.82, 2.24) is 10.2 Å². The van der Waals surface area contributed by atoms with E-state index in [9.17, 15) is 9.59 Å². The Balaban J connectivity index is 1.99. The molecule has 19 heavy (non-hydrogen) atoms. The molecule has 1 fully saturated rings. The predicted octanol–water partition coefficient (Wildman–Crippen LogP) is 1.68. The molecule has 0 bridgehead atoms. The van der Waals surface area contributed by atoms with Crippen LogP contribution in [0, 0.1) is 0 Å². The number of rotatable bonds is 2. The van der Waals surface area contributed by atoms with E-state index < -0.39 is 0 Å². The standard InChI is InChI=1S/C13H11N3O2S/c17-12-7-19-8-13(18)16(12)10-3-1-2-9(6-10)11-4-5-14-15-11/h1-6H,7-8H2,(H,14,15). The minimum absolute atomic E-state index is 0.164. The zero-order valence-corrected chi connectivity index (χ0v) is 10.8. The number of benzene rings is 1. The van der Waals surface area contributed by atoms with Gasteiger partial charge < -0.3 is 0 Å². The number of nitrogens with zero attached hydrogens (tertiary/aromatic N) is 2. The Bertz CT molecular complexity index is 609. The van der Waals surface area contributed by atoms with Crippen molar-refractivity contribution in [2.75, 3.05) is 16.4 Å². The average Bonchev–Trinajstić information content (AvgIpc) is 2.93. The van der Waals surface area contributed by atoms with Gasteiger partial charge >= 0.3 is 0 Å². The van der Waals surface area contributed by atoms with Crippen molar-refractivity contribution in [1.29, 1.82) is 0 Å². The quantitative estimate of drug-likeness (QED) is 0.845. The van der Waals surface area contributed by atoms with Crippen LogP contribution in [0.1, 0.15) is 0 Å². The van der Waals surface area contributed by atoms with Crippen LogP contribution in [0.3, 0.4) is 0 Å². The highest BCUT2D eigenvalue weighted by Crippen LogP contribution is 2.26. The summed E-state index contributed by atoms with van der Waals surface area (Å²) in [6.07, 6.45) is 1.66. The van der Waals surface area contributed by atoms with Gasteiger partial charge in [0.1, 0.15) is 0 Å². The molecule has 1 aromatic carbocycles. The first-order chi connectivity index (χ1) is 9.25. The van der Waals surface area contributed by atoms with Crippen molar-refractivity contribution in [3.8, 4) is 11.3 Å². The van der Waals surface area contributed by atoms with Gasteiger partial charge in [-0.15, -0.1) is 11.8 Å². The van der Waals surface area contributed by atoms with Crippen LogP contribution in [0.2, 0.25) is 0 Å². The zero-order valence-electron chi connectivity index (χ0n) is 10.00. The molecule has 2 heterocycles. The highest BCUT2D eigenvalue weighted by atomic mass is 32.2. The maximum atomic E-state index is 11.9. The Labute approximate surface area is 114 Å². The fourth-order valence-electron chi connectivity index (χ4n) is 2.01. The maximum Gasteiger partial charge on any atom is 0.243 e. The van der Waals surface area contributed by atoms with E-state index in [1.54, 1.807) is 12.3 Å². The molecule has 0 spiro atoms. The third kappa shape index (κ3) is 2.26. The topological polar surface area (TPSA) is 66.1 Å². The molecule has 1 N–H and O–H groups in total. The van der Waals surface area contributed by atoms with E-state index in [1.807, 2.05) is 24.3 Å². The van der Waals surface area contributed by atoms with E-state index in [2.05, 4.69) is 10.2 Å². The van der Waals surface area contributed by atoms with Crippen LogP contribution >= 0.6 is 11.8 Å². The summed E-state index contributed by atoms with van der Waals surface area (Å²) in [5.74, 6) is 0.367. The normalized spacial score (nSPS) is 15.9. The zero-order chi connectivity index (χ0) is 13.2. The van der Waals surface area contributed by atoms with Crippen molar-refractivity contribution in [2.24, 2.45) is 0 Å². The number of nitrogens with one attached hydrogen (secondary N) is 1. The summed E-state index contributed by atoms with van der Waals surface area (Å²) in [4.78, 5) is 25.0. The van der Waals surface area contributed by atoms with Crippen LogP contribution in [0.5, 0.6) is 0 Å². The van der Waals surface area contributed by atoms with Gasteiger partial charge in [0.25, 0.3) is 0 Å². The second-order valence-electron chi connectivity index (χ2n) is 4.14. The van der Waals surface area contributed by atoms with Crippen molar-refractivity contribution in [2.45, 2.75) is 0 Å². The summed E-state index contributed by atoms with van der Waals surface area (Å²) in [6.45, 7) is 0. The molecule has 0 unspecified atom stereocenters. The molecule has 96 valence electrons. The van der Waals surface area contributed by atoms with Gasteiger partial charge in [0.15, 0.2) is 0 Å². The Hall–Kier alpha value is -2.08. The second kappa shape index (κ2) is 4.89. The number of aromatic amines is 1. The van der Waals surface area contributed by atoms with Gasteiger partial charge in [-0.1, -0.05) is 12.1 Å². The maximum absolute atomic E-state index is 11.9. The SMILES string of the molecule is O=C1CSCC(=O)N1c1cccc(-c2ccn[nH]2)c1. The van der Waals surface area contributed by atoms with Crippen LogP contribution in [-0.2, 0) is 9.59 Å². The van der Waals surface area contributed by atoms with Crippen LogP contribution in [0.25, 0.3) is 11.3 Å². The minimum Gasteiger partial charge on any atom is -0.278 e. The summed E-state index contributed by atoms with van der Waals surface area (Å²) in [6, 6.07) is 9.16. The fraction of sp³-hybridized carbons (Fsp3) is 0.154. The Morgan fingerprint density at radius 3 is 2.63 bits per heavy atom. The Kier molecular flexibility index (Phi) is 3.08. The number of aromatic nitrogens is 2. The number of imide groups is 1. The largest absolute Gasteiger partial charge is 0.278 e. The number of thioether (sulfide) groups is 1. The van der Waals surface area contributed by atoms with E-state index in [-0.39, 0.29) is 11.8 Å². The van der Waals surface area contributed by atoms with Gasteiger partial charge in [0, 0.05) is 11.8 Å². The predicted molar refractivity (Wildman–Crippen MR) is 73.8 cm³/mol. The third-order valence-electron chi connectivity index (χ3n) is 2.87. The number of anilines is 1. The molecular formula is C13H11N3O2S. The lowest BCUT2D eigenvalue weighted by molar-refractivity contribution is -0.124. The molecule has 2 aromatic rings. The number of carbonyl (C=O) groups is 2. The van der Waals surface area contributed by atoms with Gasteiger partial charge in [-0.05, 0) is 18.2 Å². The second-order valence-corrected chi connectivity index (χ2v) is 5.12. The van der Waals surface area contributed by atoms with Crippen molar-refractivity contribution < 1.29 is 9.59 Å². The first-order valence-electron chi connectivity index (χ1n) is 5.79. The van der Waals surface area contributed by atoms with Crippen molar-refractivity contribution >= 4 is 29.3 Å². The highest BCUT2D eigenvalue weighted by molar-refractivity contribution is 8.00. The van der Waals surface area contributed by atoms with Gasteiger partial charge in [0.2, 0.25) is 11.8 Å². The molecule has 1 aromatic heterocycles. The minimum atomic E-state index is -0.164. The number of carbonyl (C=O) groups excluding carboxylic acids is 2. The molecule has 1 aliphatic rings. The molecule has 1 saturated heterocycles. The lowest BCUT2D eigenvalue weighted by atomic mass is 10.1. The van der Waals surface area contributed by atoms with E-state index >= 15 is 0 Å². The first-order valence-corrected chi connectivity index (χ1v) is 6.94. The van der Waals surface area contributed by atoms with E-state index in [4.69, 9.17) is 0 Å². The molecule has 0 atom stereocenters. The number of hydrogen-bond acceptors (Lipinski definition) is 4. The van der Waals surface area contributed by atoms with E-state index in [1.165, 1.54) is 16.7 Å². The number of hydrogen-bond donors (Lipinski definition) is 1. The monoisotopic (exact) mass is 273 g/mol. The van der Waals surface area contributed by atoms with Crippen LogP contribution < -0.4 is 4.90 Å². The first kappa shape index (κ1) is 12.0. The average molecular weight is 273 g/mol. The lowest BCUT2D eigenvalue weighted by Crippen LogP contribution is -2.43. The van der Waals surface area contributed by atoms with E-state index in [0.717, 1.165) is 11.3 Å². The van der Waals surface area contributed by atoms with Crippen molar-refractivity contribution in [3.05, 3.63) is 36.5 Å². The van der Waals surface area contributed by atoms with E-state index in [0.29, 0.717) is 17.2 Å². The molecule has 0 aliphatic carbocycles. The Morgan fingerprint density at radius 2 is 1.95 bits per heavy atom. The fourth-order valence-corrected chi connectivity index (χ4v) is 2.72. The molecule has 5 nitrogen and oxygen atoms in total. The van der Waals surface area contributed by atoms with Crippen molar-refractivity contribution in [3.63, 3.8) is 0 Å². The molecule has 2 amide bonds. The summed E-state index contributed by atoms with van der Waals surface area (Å²) >= 11 is 1.35. The number of H-pyrrole nitrogens is 1.